The van der Waals surface area contributed by atoms with Crippen LogP contribution in [0.15, 0.2) is 28.7 Å². The van der Waals surface area contributed by atoms with Gasteiger partial charge in [-0.25, -0.2) is 0 Å². The largest absolute Gasteiger partial charge is 0.303 e. The van der Waals surface area contributed by atoms with E-state index in [-0.39, 0.29) is 0 Å². The average Bonchev–Trinajstić information content (AvgIpc) is 2.22. The van der Waals surface area contributed by atoms with Crippen molar-refractivity contribution in [2.45, 2.75) is 26.3 Å². The standard InChI is InChI=1S/C13H16BrN/c1-3-4-9-15-11(2)10-12-5-7-13(14)8-6-12/h5-8,11,15H,9-10H2,1-2H3. The maximum Gasteiger partial charge on any atom is 0.0578 e. The molecule has 0 saturated heterocycles. The molecule has 0 aromatic heterocycles. The van der Waals surface area contributed by atoms with E-state index in [1.165, 1.54) is 5.56 Å². The third-order valence-electron chi connectivity index (χ3n) is 2.17. The average molecular weight is 266 g/mol. The van der Waals surface area contributed by atoms with Gasteiger partial charge in [0.1, 0.15) is 0 Å². The highest BCUT2D eigenvalue weighted by atomic mass is 79.9. The number of rotatable bonds is 4. The summed E-state index contributed by atoms with van der Waals surface area (Å²) in [5.74, 6) is 5.88. The molecule has 2 heteroatoms. The molecule has 0 aliphatic carbocycles. The van der Waals surface area contributed by atoms with Crippen molar-refractivity contribution in [3.63, 3.8) is 0 Å². The molecule has 1 aromatic rings. The highest BCUT2D eigenvalue weighted by Crippen LogP contribution is 2.11. The van der Waals surface area contributed by atoms with Gasteiger partial charge in [0.15, 0.2) is 0 Å². The molecule has 0 aliphatic rings. The summed E-state index contributed by atoms with van der Waals surface area (Å²) >= 11 is 3.43. The maximum absolute atomic E-state index is 3.43. The third-order valence-corrected chi connectivity index (χ3v) is 2.70. The Bertz CT molecular complexity index is 345. The van der Waals surface area contributed by atoms with Crippen LogP contribution < -0.4 is 5.32 Å². The Morgan fingerprint density at radius 3 is 2.60 bits per heavy atom. The molecule has 0 heterocycles. The Labute approximate surface area is 100 Å². The van der Waals surface area contributed by atoms with Gasteiger partial charge in [-0.2, -0.15) is 0 Å². The fourth-order valence-corrected chi connectivity index (χ4v) is 1.62. The molecule has 0 aliphatic heterocycles. The second-order valence-corrected chi connectivity index (χ2v) is 4.45. The quantitative estimate of drug-likeness (QED) is 0.826. The topological polar surface area (TPSA) is 12.0 Å². The van der Waals surface area contributed by atoms with E-state index in [2.05, 4.69) is 64.3 Å². The molecule has 80 valence electrons. The molecular weight excluding hydrogens is 250 g/mol. The van der Waals surface area contributed by atoms with Crippen LogP contribution in [0.4, 0.5) is 0 Å². The summed E-state index contributed by atoms with van der Waals surface area (Å²) in [6, 6.07) is 8.91. The lowest BCUT2D eigenvalue weighted by Gasteiger charge is -2.11. The second kappa shape index (κ2) is 6.66. The molecule has 1 aromatic carbocycles. The van der Waals surface area contributed by atoms with Gasteiger partial charge in [0, 0.05) is 10.5 Å². The van der Waals surface area contributed by atoms with Gasteiger partial charge in [0.2, 0.25) is 0 Å². The van der Waals surface area contributed by atoms with Crippen molar-refractivity contribution in [2.75, 3.05) is 6.54 Å². The highest BCUT2D eigenvalue weighted by Gasteiger charge is 2.01. The lowest BCUT2D eigenvalue weighted by molar-refractivity contribution is 0.585. The van der Waals surface area contributed by atoms with Crippen LogP contribution in [0.5, 0.6) is 0 Å². The Morgan fingerprint density at radius 1 is 1.33 bits per heavy atom. The smallest absolute Gasteiger partial charge is 0.0578 e. The van der Waals surface area contributed by atoms with Gasteiger partial charge in [-0.3, -0.25) is 0 Å². The summed E-state index contributed by atoms with van der Waals surface area (Å²) in [5.41, 5.74) is 1.35. The highest BCUT2D eigenvalue weighted by molar-refractivity contribution is 9.10. The molecular formula is C13H16BrN. The summed E-state index contributed by atoms with van der Waals surface area (Å²) in [4.78, 5) is 0. The van der Waals surface area contributed by atoms with Gasteiger partial charge in [-0.1, -0.05) is 34.0 Å². The van der Waals surface area contributed by atoms with Gasteiger partial charge < -0.3 is 5.32 Å². The minimum absolute atomic E-state index is 0.465. The Kier molecular flexibility index (Phi) is 5.45. The number of halogens is 1. The van der Waals surface area contributed by atoms with E-state index in [0.717, 1.165) is 17.4 Å². The van der Waals surface area contributed by atoms with E-state index in [1.54, 1.807) is 0 Å². The van der Waals surface area contributed by atoms with Crippen molar-refractivity contribution in [3.8, 4) is 11.8 Å². The molecule has 0 bridgehead atoms. The van der Waals surface area contributed by atoms with E-state index in [0.29, 0.717) is 6.04 Å². The SMILES string of the molecule is CC#CCNC(C)Cc1ccc(Br)cc1. The molecule has 15 heavy (non-hydrogen) atoms. The van der Waals surface area contributed by atoms with Gasteiger partial charge in [-0.05, 0) is 38.0 Å². The van der Waals surface area contributed by atoms with E-state index < -0.39 is 0 Å². The monoisotopic (exact) mass is 265 g/mol. The van der Waals surface area contributed by atoms with Crippen molar-refractivity contribution in [3.05, 3.63) is 34.3 Å². The van der Waals surface area contributed by atoms with Crippen LogP contribution in [0.3, 0.4) is 0 Å². The lowest BCUT2D eigenvalue weighted by atomic mass is 10.1. The minimum atomic E-state index is 0.465. The molecule has 1 rings (SSSR count). The fraction of sp³-hybridized carbons (Fsp3) is 0.385. The predicted molar refractivity (Wildman–Crippen MR) is 68.8 cm³/mol. The van der Waals surface area contributed by atoms with Crippen LogP contribution in [0.1, 0.15) is 19.4 Å². The van der Waals surface area contributed by atoms with Crippen LogP contribution >= 0.6 is 15.9 Å². The number of nitrogens with one attached hydrogen (secondary N) is 1. The van der Waals surface area contributed by atoms with Crippen LogP contribution in [0.2, 0.25) is 0 Å². The molecule has 0 fully saturated rings. The first kappa shape index (κ1) is 12.3. The van der Waals surface area contributed by atoms with Crippen molar-refractivity contribution in [2.24, 2.45) is 0 Å². The molecule has 0 saturated carbocycles. The van der Waals surface area contributed by atoms with Crippen LogP contribution in [-0.2, 0) is 6.42 Å². The number of hydrogen-bond acceptors (Lipinski definition) is 1. The first-order chi connectivity index (χ1) is 7.22. The van der Waals surface area contributed by atoms with Gasteiger partial charge in [0.25, 0.3) is 0 Å². The van der Waals surface area contributed by atoms with Gasteiger partial charge in [-0.15, -0.1) is 5.92 Å². The first-order valence-electron chi connectivity index (χ1n) is 5.10. The van der Waals surface area contributed by atoms with Crippen LogP contribution in [0.25, 0.3) is 0 Å². The maximum atomic E-state index is 3.43. The Hall–Kier alpha value is -0.780. The molecule has 1 N–H and O–H groups in total. The summed E-state index contributed by atoms with van der Waals surface area (Å²) in [6.45, 7) is 4.81. The molecule has 0 amide bonds. The number of benzene rings is 1. The van der Waals surface area contributed by atoms with Gasteiger partial charge >= 0.3 is 0 Å². The van der Waals surface area contributed by atoms with E-state index in [9.17, 15) is 0 Å². The van der Waals surface area contributed by atoms with Crippen LogP contribution in [-0.4, -0.2) is 12.6 Å². The van der Waals surface area contributed by atoms with Crippen molar-refractivity contribution < 1.29 is 0 Å². The summed E-state index contributed by atoms with van der Waals surface area (Å²) < 4.78 is 1.13. The molecule has 1 unspecified atom stereocenters. The third kappa shape index (κ3) is 5.01. The summed E-state index contributed by atoms with van der Waals surface area (Å²) in [5, 5.41) is 3.36. The van der Waals surface area contributed by atoms with E-state index >= 15 is 0 Å². The molecule has 0 radical (unpaired) electrons. The zero-order valence-electron chi connectivity index (χ0n) is 9.18. The Morgan fingerprint density at radius 2 is 2.00 bits per heavy atom. The predicted octanol–water partition coefficient (Wildman–Crippen LogP) is 2.99. The fourth-order valence-electron chi connectivity index (χ4n) is 1.36. The zero-order valence-corrected chi connectivity index (χ0v) is 10.8. The molecule has 0 spiro atoms. The molecule has 1 atom stereocenters. The zero-order chi connectivity index (χ0) is 11.1. The van der Waals surface area contributed by atoms with Crippen LogP contribution in [0, 0.1) is 11.8 Å². The van der Waals surface area contributed by atoms with Crippen molar-refractivity contribution in [1.29, 1.82) is 0 Å². The number of hydrogen-bond donors (Lipinski definition) is 1. The normalized spacial score (nSPS) is 11.7. The summed E-state index contributed by atoms with van der Waals surface area (Å²) in [6.07, 6.45) is 1.04. The van der Waals surface area contributed by atoms with Gasteiger partial charge in [0.05, 0.1) is 6.54 Å². The minimum Gasteiger partial charge on any atom is -0.303 e. The second-order valence-electron chi connectivity index (χ2n) is 3.54. The van der Waals surface area contributed by atoms with E-state index in [1.807, 2.05) is 6.92 Å². The van der Waals surface area contributed by atoms with Crippen molar-refractivity contribution >= 4 is 15.9 Å². The molecule has 1 nitrogen and oxygen atoms in total. The lowest BCUT2D eigenvalue weighted by Crippen LogP contribution is -2.28. The Balaban J connectivity index is 2.39. The first-order valence-corrected chi connectivity index (χ1v) is 5.89. The van der Waals surface area contributed by atoms with E-state index in [4.69, 9.17) is 0 Å². The summed E-state index contributed by atoms with van der Waals surface area (Å²) in [7, 11) is 0. The van der Waals surface area contributed by atoms with Crippen molar-refractivity contribution in [1.82, 2.24) is 5.32 Å².